The van der Waals surface area contributed by atoms with E-state index in [0.29, 0.717) is 5.02 Å². The fourth-order valence-electron chi connectivity index (χ4n) is 2.01. The topological polar surface area (TPSA) is 36.3 Å². The van der Waals surface area contributed by atoms with Crippen LogP contribution in [-0.2, 0) is 4.74 Å². The first-order valence-electron chi connectivity index (χ1n) is 7.55. The minimum atomic E-state index is -0.427. The average Bonchev–Trinajstić information content (AvgIpc) is 2.93. The first-order chi connectivity index (χ1) is 10.8. The van der Waals surface area contributed by atoms with E-state index in [4.69, 9.17) is 21.1 Å². The maximum atomic E-state index is 6.03. The third-order valence-corrected chi connectivity index (χ3v) is 3.49. The molecule has 5 heteroatoms. The zero-order valence-corrected chi connectivity index (χ0v) is 15.0. The molecular formula is C18H23ClN2O2. The molecule has 0 saturated heterocycles. The van der Waals surface area contributed by atoms with Crippen LogP contribution in [-0.4, -0.2) is 15.8 Å². The van der Waals surface area contributed by atoms with Gasteiger partial charge in [-0.25, -0.2) is 4.98 Å². The molecule has 0 aliphatic heterocycles. The summed E-state index contributed by atoms with van der Waals surface area (Å²) in [6.45, 7) is 10.1. The third-order valence-electron chi connectivity index (χ3n) is 3.25. The van der Waals surface area contributed by atoms with Gasteiger partial charge in [0.05, 0.1) is 6.33 Å². The fourth-order valence-corrected chi connectivity index (χ4v) is 2.24. The van der Waals surface area contributed by atoms with E-state index in [9.17, 15) is 0 Å². The molecule has 0 aliphatic carbocycles. The summed E-state index contributed by atoms with van der Waals surface area (Å²) in [6, 6.07) is 5.53. The lowest BCUT2D eigenvalue weighted by atomic mass is 9.94. The number of imidazole rings is 1. The van der Waals surface area contributed by atoms with Gasteiger partial charge in [-0.3, -0.25) is 0 Å². The molecule has 0 bridgehead atoms. The molecule has 0 amide bonds. The van der Waals surface area contributed by atoms with Crippen molar-refractivity contribution in [2.24, 2.45) is 5.41 Å². The van der Waals surface area contributed by atoms with Gasteiger partial charge in [0.25, 0.3) is 0 Å². The predicted octanol–water partition coefficient (Wildman–Crippen LogP) is 5.13. The Morgan fingerprint density at radius 1 is 1.35 bits per heavy atom. The van der Waals surface area contributed by atoms with Crippen LogP contribution in [0.5, 0.6) is 5.75 Å². The minimum Gasteiger partial charge on any atom is -0.457 e. The van der Waals surface area contributed by atoms with Crippen molar-refractivity contribution in [3.8, 4) is 5.75 Å². The Labute approximate surface area is 142 Å². The highest BCUT2D eigenvalue weighted by molar-refractivity contribution is 6.30. The van der Waals surface area contributed by atoms with E-state index in [1.54, 1.807) is 12.5 Å². The van der Waals surface area contributed by atoms with E-state index >= 15 is 0 Å². The molecule has 124 valence electrons. The van der Waals surface area contributed by atoms with Crippen LogP contribution in [0, 0.1) is 12.3 Å². The van der Waals surface area contributed by atoms with E-state index in [2.05, 4.69) is 25.8 Å². The van der Waals surface area contributed by atoms with E-state index in [1.807, 2.05) is 49.0 Å². The smallest absolute Gasteiger partial charge is 0.238 e. The maximum Gasteiger partial charge on any atom is 0.238 e. The molecule has 2 aromatic rings. The number of hydrogen-bond donors (Lipinski definition) is 0. The summed E-state index contributed by atoms with van der Waals surface area (Å²) in [7, 11) is 0. The van der Waals surface area contributed by atoms with Crippen LogP contribution < -0.4 is 4.74 Å². The summed E-state index contributed by atoms with van der Waals surface area (Å²) in [5, 5.41) is 0.693. The highest BCUT2D eigenvalue weighted by Gasteiger charge is 2.22. The number of aryl methyl sites for hydroxylation is 1. The van der Waals surface area contributed by atoms with Crippen LogP contribution in [0.15, 0.2) is 42.7 Å². The fraction of sp³-hybridized carbons (Fsp3) is 0.389. The van der Waals surface area contributed by atoms with Gasteiger partial charge >= 0.3 is 0 Å². The van der Waals surface area contributed by atoms with Crippen molar-refractivity contribution in [3.63, 3.8) is 0 Å². The average molecular weight is 335 g/mol. The second-order valence-electron chi connectivity index (χ2n) is 6.47. The normalized spacial score (nSPS) is 13.7. The van der Waals surface area contributed by atoms with Crippen LogP contribution in [0.25, 0.3) is 6.20 Å². The van der Waals surface area contributed by atoms with E-state index in [1.165, 1.54) is 0 Å². The SMILES string of the molecule is Cc1cc(Cl)ccc1OC(C)O/C(=C/n1ccnc1)C(C)(C)C. The molecule has 0 spiro atoms. The first-order valence-corrected chi connectivity index (χ1v) is 7.92. The summed E-state index contributed by atoms with van der Waals surface area (Å²) in [6.07, 6.45) is 6.81. The molecular weight excluding hydrogens is 312 g/mol. The van der Waals surface area contributed by atoms with Gasteiger partial charge < -0.3 is 14.0 Å². The number of rotatable bonds is 5. The van der Waals surface area contributed by atoms with Crippen LogP contribution in [0.4, 0.5) is 0 Å². The van der Waals surface area contributed by atoms with Crippen molar-refractivity contribution in [3.05, 3.63) is 53.3 Å². The Bertz CT molecular complexity index is 673. The summed E-state index contributed by atoms with van der Waals surface area (Å²) in [5.74, 6) is 1.58. The number of aromatic nitrogens is 2. The van der Waals surface area contributed by atoms with Gasteiger partial charge in [-0.05, 0) is 30.7 Å². The minimum absolute atomic E-state index is 0.156. The molecule has 1 aromatic carbocycles. The number of halogens is 1. The molecule has 1 atom stereocenters. The van der Waals surface area contributed by atoms with Gasteiger partial charge in [0.15, 0.2) is 0 Å². The summed E-state index contributed by atoms with van der Waals surface area (Å²) in [4.78, 5) is 4.04. The Morgan fingerprint density at radius 2 is 2.09 bits per heavy atom. The quantitative estimate of drug-likeness (QED) is 0.561. The van der Waals surface area contributed by atoms with E-state index < -0.39 is 6.29 Å². The Kier molecular flexibility index (Phi) is 5.37. The largest absolute Gasteiger partial charge is 0.457 e. The van der Waals surface area contributed by atoms with Crippen LogP contribution in [0.1, 0.15) is 33.3 Å². The van der Waals surface area contributed by atoms with Crippen molar-refractivity contribution >= 4 is 17.8 Å². The molecule has 0 fully saturated rings. The van der Waals surface area contributed by atoms with Gasteiger partial charge in [-0.1, -0.05) is 32.4 Å². The van der Waals surface area contributed by atoms with E-state index in [0.717, 1.165) is 17.1 Å². The van der Waals surface area contributed by atoms with E-state index in [-0.39, 0.29) is 5.41 Å². The molecule has 1 heterocycles. The highest BCUT2D eigenvalue weighted by Crippen LogP contribution is 2.29. The van der Waals surface area contributed by atoms with Gasteiger partial charge in [0.2, 0.25) is 6.29 Å². The van der Waals surface area contributed by atoms with Crippen molar-refractivity contribution in [1.82, 2.24) is 9.55 Å². The lowest BCUT2D eigenvalue weighted by Crippen LogP contribution is -2.22. The molecule has 2 rings (SSSR count). The van der Waals surface area contributed by atoms with Crippen molar-refractivity contribution in [2.45, 2.75) is 40.9 Å². The third kappa shape index (κ3) is 5.03. The van der Waals surface area contributed by atoms with Crippen molar-refractivity contribution < 1.29 is 9.47 Å². The lowest BCUT2D eigenvalue weighted by molar-refractivity contribution is -0.0459. The number of benzene rings is 1. The molecule has 0 aliphatic rings. The zero-order chi connectivity index (χ0) is 17.0. The summed E-state index contributed by atoms with van der Waals surface area (Å²) < 4.78 is 13.8. The van der Waals surface area contributed by atoms with Crippen molar-refractivity contribution in [1.29, 1.82) is 0 Å². The summed E-state index contributed by atoms with van der Waals surface area (Å²) >= 11 is 5.97. The molecule has 23 heavy (non-hydrogen) atoms. The Morgan fingerprint density at radius 3 is 2.65 bits per heavy atom. The number of nitrogens with zero attached hydrogens (tertiary/aromatic N) is 2. The maximum absolute atomic E-state index is 6.03. The monoisotopic (exact) mass is 334 g/mol. The van der Waals surface area contributed by atoms with Gasteiger partial charge in [0, 0.05) is 36.0 Å². The molecule has 0 radical (unpaired) electrons. The number of hydrogen-bond acceptors (Lipinski definition) is 3. The zero-order valence-electron chi connectivity index (χ0n) is 14.2. The molecule has 0 saturated carbocycles. The highest BCUT2D eigenvalue weighted by atomic mass is 35.5. The number of allylic oxidation sites excluding steroid dienone is 1. The van der Waals surface area contributed by atoms with Crippen LogP contribution in [0.3, 0.4) is 0 Å². The van der Waals surface area contributed by atoms with Gasteiger partial charge in [0.1, 0.15) is 11.5 Å². The lowest BCUT2D eigenvalue weighted by Gasteiger charge is -2.27. The molecule has 1 aromatic heterocycles. The Hall–Kier alpha value is -1.94. The second kappa shape index (κ2) is 7.09. The molecule has 0 N–H and O–H groups in total. The second-order valence-corrected chi connectivity index (χ2v) is 6.90. The van der Waals surface area contributed by atoms with Crippen LogP contribution in [0.2, 0.25) is 5.02 Å². The van der Waals surface area contributed by atoms with Gasteiger partial charge in [-0.2, -0.15) is 0 Å². The summed E-state index contributed by atoms with van der Waals surface area (Å²) in [5.41, 5.74) is 0.820. The van der Waals surface area contributed by atoms with Crippen molar-refractivity contribution in [2.75, 3.05) is 0 Å². The predicted molar refractivity (Wildman–Crippen MR) is 93.3 cm³/mol. The molecule has 1 unspecified atom stereocenters. The number of ether oxygens (including phenoxy) is 2. The first kappa shape index (κ1) is 17.4. The standard InChI is InChI=1S/C18H23ClN2O2/c1-13-10-15(19)6-7-16(13)22-14(2)23-17(18(3,4)5)11-21-9-8-20-12-21/h6-12,14H,1-5H3/b17-11+. The van der Waals surface area contributed by atoms with Crippen LogP contribution >= 0.6 is 11.6 Å². The molecule has 4 nitrogen and oxygen atoms in total. The Balaban J connectivity index is 2.13. The van der Waals surface area contributed by atoms with Gasteiger partial charge in [-0.15, -0.1) is 0 Å².